The molecular weight excluding hydrogens is 292 g/mol. The third-order valence-electron chi connectivity index (χ3n) is 3.34. The van der Waals surface area contributed by atoms with Gasteiger partial charge in [-0.3, -0.25) is 4.79 Å². The standard InChI is InChI=1S/C17H22N4O2/c1-12-5-6-13(2)15(11-12)21-17-19-9-7-14(20-17)16(22)18-8-4-10-23-3/h5-7,9,11H,4,8,10H2,1-3H3,(H,18,22)(H,19,20,21). The van der Waals surface area contributed by atoms with Crippen molar-refractivity contribution in [2.75, 3.05) is 25.6 Å². The van der Waals surface area contributed by atoms with E-state index >= 15 is 0 Å². The zero-order chi connectivity index (χ0) is 16.7. The Kier molecular flexibility index (Phi) is 6.05. The highest BCUT2D eigenvalue weighted by Gasteiger charge is 2.09. The SMILES string of the molecule is COCCCNC(=O)c1ccnc(Nc2cc(C)ccc2C)n1. The molecule has 0 saturated heterocycles. The van der Waals surface area contributed by atoms with Crippen LogP contribution >= 0.6 is 0 Å². The largest absolute Gasteiger partial charge is 0.385 e. The number of methoxy groups -OCH3 is 1. The summed E-state index contributed by atoms with van der Waals surface area (Å²) in [4.78, 5) is 20.5. The van der Waals surface area contributed by atoms with Crippen molar-refractivity contribution in [2.24, 2.45) is 0 Å². The van der Waals surface area contributed by atoms with E-state index in [1.165, 1.54) is 0 Å². The topological polar surface area (TPSA) is 76.1 Å². The van der Waals surface area contributed by atoms with Crippen molar-refractivity contribution < 1.29 is 9.53 Å². The highest BCUT2D eigenvalue weighted by molar-refractivity contribution is 5.92. The number of carbonyl (C=O) groups excluding carboxylic acids is 1. The molecule has 1 aromatic heterocycles. The van der Waals surface area contributed by atoms with Crippen molar-refractivity contribution in [3.63, 3.8) is 0 Å². The first-order valence-corrected chi connectivity index (χ1v) is 7.54. The monoisotopic (exact) mass is 314 g/mol. The summed E-state index contributed by atoms with van der Waals surface area (Å²) in [5, 5.41) is 5.97. The molecule has 0 atom stereocenters. The van der Waals surface area contributed by atoms with Gasteiger partial charge >= 0.3 is 0 Å². The molecule has 23 heavy (non-hydrogen) atoms. The average Bonchev–Trinajstić information content (AvgIpc) is 2.55. The third kappa shape index (κ3) is 5.03. The van der Waals surface area contributed by atoms with Crippen molar-refractivity contribution >= 4 is 17.5 Å². The molecule has 1 amide bonds. The van der Waals surface area contributed by atoms with Crippen LogP contribution in [0.15, 0.2) is 30.5 Å². The number of benzene rings is 1. The smallest absolute Gasteiger partial charge is 0.270 e. The van der Waals surface area contributed by atoms with E-state index in [9.17, 15) is 4.79 Å². The highest BCUT2D eigenvalue weighted by Crippen LogP contribution is 2.19. The van der Waals surface area contributed by atoms with Crippen LogP contribution in [0.4, 0.5) is 11.6 Å². The number of nitrogens with zero attached hydrogens (tertiary/aromatic N) is 2. The van der Waals surface area contributed by atoms with Crippen LogP contribution in [0.5, 0.6) is 0 Å². The van der Waals surface area contributed by atoms with Crippen molar-refractivity contribution in [1.82, 2.24) is 15.3 Å². The van der Waals surface area contributed by atoms with Crippen LogP contribution in [0.3, 0.4) is 0 Å². The number of anilines is 2. The van der Waals surface area contributed by atoms with Crippen LogP contribution in [0.2, 0.25) is 0 Å². The maximum Gasteiger partial charge on any atom is 0.270 e. The van der Waals surface area contributed by atoms with Crippen molar-refractivity contribution in [3.05, 3.63) is 47.3 Å². The van der Waals surface area contributed by atoms with Gasteiger partial charge in [0.05, 0.1) is 0 Å². The van der Waals surface area contributed by atoms with Crippen molar-refractivity contribution in [3.8, 4) is 0 Å². The average molecular weight is 314 g/mol. The first kappa shape index (κ1) is 16.9. The van der Waals surface area contributed by atoms with Gasteiger partial charge in [-0.1, -0.05) is 12.1 Å². The lowest BCUT2D eigenvalue weighted by Gasteiger charge is -2.10. The van der Waals surface area contributed by atoms with E-state index in [2.05, 4.69) is 20.6 Å². The number of aryl methyl sites for hydroxylation is 2. The summed E-state index contributed by atoms with van der Waals surface area (Å²) in [6, 6.07) is 7.70. The van der Waals surface area contributed by atoms with Gasteiger partial charge in [0.1, 0.15) is 5.69 Å². The van der Waals surface area contributed by atoms with Gasteiger partial charge in [0.15, 0.2) is 0 Å². The van der Waals surface area contributed by atoms with E-state index in [0.717, 1.165) is 23.2 Å². The Hall–Kier alpha value is -2.47. The number of hydrogen-bond donors (Lipinski definition) is 2. The van der Waals surface area contributed by atoms with Crippen LogP contribution in [0.1, 0.15) is 28.0 Å². The predicted octanol–water partition coefficient (Wildman–Crippen LogP) is 2.60. The van der Waals surface area contributed by atoms with E-state index < -0.39 is 0 Å². The van der Waals surface area contributed by atoms with E-state index in [4.69, 9.17) is 4.74 Å². The van der Waals surface area contributed by atoms with Crippen LogP contribution in [-0.2, 0) is 4.74 Å². The maximum atomic E-state index is 12.1. The van der Waals surface area contributed by atoms with E-state index in [-0.39, 0.29) is 5.91 Å². The Bertz CT molecular complexity index is 673. The minimum Gasteiger partial charge on any atom is -0.385 e. The molecular formula is C17H22N4O2. The van der Waals surface area contributed by atoms with Crippen LogP contribution < -0.4 is 10.6 Å². The molecule has 6 heteroatoms. The van der Waals surface area contributed by atoms with Crippen molar-refractivity contribution in [2.45, 2.75) is 20.3 Å². The number of rotatable bonds is 7. The van der Waals surface area contributed by atoms with Gasteiger partial charge in [-0.05, 0) is 43.5 Å². The first-order valence-electron chi connectivity index (χ1n) is 7.54. The fourth-order valence-corrected chi connectivity index (χ4v) is 2.05. The molecule has 1 heterocycles. The molecule has 0 aliphatic carbocycles. The van der Waals surface area contributed by atoms with E-state index in [1.807, 2.05) is 32.0 Å². The molecule has 2 N–H and O–H groups in total. The summed E-state index contributed by atoms with van der Waals surface area (Å²) < 4.78 is 4.95. The number of carbonyl (C=O) groups is 1. The Morgan fingerprint density at radius 2 is 2.09 bits per heavy atom. The molecule has 2 rings (SSSR count). The van der Waals surface area contributed by atoms with Gasteiger partial charge in [-0.15, -0.1) is 0 Å². The summed E-state index contributed by atoms with van der Waals surface area (Å²) in [5.41, 5.74) is 3.51. The van der Waals surface area contributed by atoms with Gasteiger partial charge in [-0.25, -0.2) is 9.97 Å². The van der Waals surface area contributed by atoms with Crippen LogP contribution in [0.25, 0.3) is 0 Å². The Balaban J connectivity index is 2.04. The summed E-state index contributed by atoms with van der Waals surface area (Å²) in [6.45, 7) is 5.20. The first-order chi connectivity index (χ1) is 11.1. The number of amides is 1. The third-order valence-corrected chi connectivity index (χ3v) is 3.34. The van der Waals surface area contributed by atoms with Gasteiger partial charge < -0.3 is 15.4 Å². The Labute approximate surface area is 136 Å². The molecule has 0 spiro atoms. The molecule has 0 fully saturated rings. The Morgan fingerprint density at radius 1 is 1.26 bits per heavy atom. The fourth-order valence-electron chi connectivity index (χ4n) is 2.05. The van der Waals surface area contributed by atoms with E-state index in [1.54, 1.807) is 19.4 Å². The van der Waals surface area contributed by atoms with E-state index in [0.29, 0.717) is 24.8 Å². The normalized spacial score (nSPS) is 10.4. The summed E-state index contributed by atoms with van der Waals surface area (Å²) in [5.74, 6) is 0.191. The second-order valence-corrected chi connectivity index (χ2v) is 5.31. The number of ether oxygens (including phenoxy) is 1. The lowest BCUT2D eigenvalue weighted by atomic mass is 10.1. The minimum absolute atomic E-state index is 0.215. The number of nitrogens with one attached hydrogen (secondary N) is 2. The summed E-state index contributed by atoms with van der Waals surface area (Å²) in [6.07, 6.45) is 2.34. The molecule has 6 nitrogen and oxygen atoms in total. The second kappa shape index (κ2) is 8.24. The fraction of sp³-hybridized carbons (Fsp3) is 0.353. The number of hydrogen-bond acceptors (Lipinski definition) is 5. The molecule has 0 aliphatic rings. The molecule has 0 unspecified atom stereocenters. The summed E-state index contributed by atoms with van der Waals surface area (Å²) in [7, 11) is 1.64. The van der Waals surface area contributed by atoms with Gasteiger partial charge in [0.2, 0.25) is 5.95 Å². The zero-order valence-corrected chi connectivity index (χ0v) is 13.7. The van der Waals surface area contributed by atoms with Gasteiger partial charge in [-0.2, -0.15) is 0 Å². The number of aromatic nitrogens is 2. The quantitative estimate of drug-likeness (QED) is 0.768. The molecule has 0 radical (unpaired) electrons. The molecule has 2 aromatic rings. The molecule has 1 aromatic carbocycles. The van der Waals surface area contributed by atoms with Crippen LogP contribution in [-0.4, -0.2) is 36.1 Å². The van der Waals surface area contributed by atoms with Gasteiger partial charge in [0, 0.05) is 32.1 Å². The minimum atomic E-state index is -0.215. The maximum absolute atomic E-state index is 12.1. The molecule has 0 saturated carbocycles. The zero-order valence-electron chi connectivity index (χ0n) is 13.7. The lowest BCUT2D eigenvalue weighted by Crippen LogP contribution is -2.26. The summed E-state index contributed by atoms with van der Waals surface area (Å²) >= 11 is 0. The second-order valence-electron chi connectivity index (χ2n) is 5.31. The molecule has 0 aliphatic heterocycles. The Morgan fingerprint density at radius 3 is 2.87 bits per heavy atom. The molecule has 0 bridgehead atoms. The highest BCUT2D eigenvalue weighted by atomic mass is 16.5. The van der Waals surface area contributed by atoms with Crippen molar-refractivity contribution in [1.29, 1.82) is 0 Å². The van der Waals surface area contributed by atoms with Crippen LogP contribution in [0, 0.1) is 13.8 Å². The predicted molar refractivity (Wildman–Crippen MR) is 90.1 cm³/mol. The van der Waals surface area contributed by atoms with Gasteiger partial charge in [0.25, 0.3) is 5.91 Å². The molecule has 122 valence electrons. The lowest BCUT2D eigenvalue weighted by molar-refractivity contribution is 0.0943.